The molecule has 4 nitrogen and oxygen atoms in total. The standard InChI is InChI=1S/C49H48O4/c1-30-38(23-36-19-21-48(52)46(25-36)34(5)50)11-7-13-40(30)27-42-15-9-17-44(32(42)3)29-45-18-10-16-43(33(45)4)28-41-14-8-12-39(31(41)2)24-37-20-22-49(53)47(26-37)35(6)51/h7-22,25-26,50-53H,5-6,23-24,27-29H2,1-4H3. The average Bonchev–Trinajstić information content (AvgIpc) is 3.12. The van der Waals surface area contributed by atoms with Crippen LogP contribution in [0.4, 0.5) is 0 Å². The van der Waals surface area contributed by atoms with Crippen molar-refractivity contribution in [3.8, 4) is 11.5 Å². The van der Waals surface area contributed by atoms with E-state index in [0.29, 0.717) is 24.0 Å². The zero-order valence-corrected chi connectivity index (χ0v) is 31.1. The predicted molar refractivity (Wildman–Crippen MR) is 218 cm³/mol. The van der Waals surface area contributed by atoms with E-state index in [9.17, 15) is 20.4 Å². The van der Waals surface area contributed by atoms with Crippen molar-refractivity contribution < 1.29 is 20.4 Å². The van der Waals surface area contributed by atoms with Crippen molar-refractivity contribution in [1.29, 1.82) is 0 Å². The second-order valence-electron chi connectivity index (χ2n) is 14.3. The fourth-order valence-corrected chi connectivity index (χ4v) is 7.38. The highest BCUT2D eigenvalue weighted by atomic mass is 16.3. The molecule has 0 aromatic heterocycles. The number of hydrogen-bond acceptors (Lipinski definition) is 4. The Bertz CT molecular complexity index is 2180. The molecule has 0 heterocycles. The first-order chi connectivity index (χ1) is 25.4. The van der Waals surface area contributed by atoms with Crippen LogP contribution in [0.3, 0.4) is 0 Å². The largest absolute Gasteiger partial charge is 0.508 e. The first-order valence-corrected chi connectivity index (χ1v) is 18.1. The Morgan fingerprint density at radius 1 is 0.396 bits per heavy atom. The summed E-state index contributed by atoms with van der Waals surface area (Å²) in [5, 5.41) is 40.0. The Kier molecular flexibility index (Phi) is 10.9. The summed E-state index contributed by atoms with van der Waals surface area (Å²) in [7, 11) is 0. The van der Waals surface area contributed by atoms with Crippen LogP contribution in [0.1, 0.15) is 89.0 Å². The predicted octanol–water partition coefficient (Wildman–Crippen LogP) is 11.3. The highest BCUT2D eigenvalue weighted by molar-refractivity contribution is 5.64. The van der Waals surface area contributed by atoms with Gasteiger partial charge in [0.2, 0.25) is 0 Å². The fraction of sp³-hybridized carbons (Fsp3) is 0.184. The first kappa shape index (κ1) is 36.8. The minimum Gasteiger partial charge on any atom is -0.508 e. The van der Waals surface area contributed by atoms with Gasteiger partial charge in [-0.15, -0.1) is 0 Å². The van der Waals surface area contributed by atoms with E-state index in [1.54, 1.807) is 24.3 Å². The molecule has 6 aromatic carbocycles. The molecule has 0 saturated heterocycles. The number of rotatable bonds is 12. The third-order valence-corrected chi connectivity index (χ3v) is 10.9. The molecule has 4 heteroatoms. The van der Waals surface area contributed by atoms with Crippen molar-refractivity contribution in [1.82, 2.24) is 0 Å². The van der Waals surface area contributed by atoms with Crippen molar-refractivity contribution in [2.45, 2.75) is 59.8 Å². The van der Waals surface area contributed by atoms with Crippen LogP contribution in [-0.2, 0) is 32.1 Å². The van der Waals surface area contributed by atoms with Gasteiger partial charge in [-0.3, -0.25) is 0 Å². The SMILES string of the molecule is C=C(O)c1cc(Cc2cccc(Cc3cccc(Cc4cccc(Cc5cccc(Cc6ccc(O)c(C(=C)O)c6)c5C)c4C)c3C)c2C)ccc1O. The van der Waals surface area contributed by atoms with E-state index in [1.165, 1.54) is 66.8 Å². The molecule has 0 aliphatic heterocycles. The van der Waals surface area contributed by atoms with Crippen LogP contribution in [0.15, 0.2) is 122 Å². The monoisotopic (exact) mass is 700 g/mol. The van der Waals surface area contributed by atoms with Gasteiger partial charge in [-0.1, -0.05) is 98.1 Å². The van der Waals surface area contributed by atoms with E-state index in [4.69, 9.17) is 0 Å². The molecule has 0 atom stereocenters. The number of aliphatic hydroxyl groups excluding tert-OH is 2. The lowest BCUT2D eigenvalue weighted by atomic mass is 9.87. The summed E-state index contributed by atoms with van der Waals surface area (Å²) in [5.74, 6) is -0.222. The van der Waals surface area contributed by atoms with Crippen molar-refractivity contribution in [2.24, 2.45) is 0 Å². The maximum absolute atomic E-state index is 10.1. The number of phenolic OH excluding ortho intramolecular Hbond substituents is 2. The molecule has 0 bridgehead atoms. The molecular weight excluding hydrogens is 653 g/mol. The molecule has 0 radical (unpaired) electrons. The molecule has 6 aromatic rings. The number of aromatic hydroxyl groups is 2. The fourth-order valence-electron chi connectivity index (χ4n) is 7.38. The maximum atomic E-state index is 10.1. The topological polar surface area (TPSA) is 80.9 Å². The molecule has 0 unspecified atom stereocenters. The Balaban J connectivity index is 1.19. The molecule has 0 aliphatic rings. The molecule has 6 rings (SSSR count). The van der Waals surface area contributed by atoms with E-state index in [0.717, 1.165) is 30.4 Å². The second-order valence-corrected chi connectivity index (χ2v) is 14.3. The highest BCUT2D eigenvalue weighted by Gasteiger charge is 2.15. The summed E-state index contributed by atoms with van der Waals surface area (Å²) in [5.41, 5.74) is 18.2. The van der Waals surface area contributed by atoms with Gasteiger partial charge in [0, 0.05) is 0 Å². The van der Waals surface area contributed by atoms with Crippen LogP contribution in [0, 0.1) is 27.7 Å². The molecule has 4 N–H and O–H groups in total. The second kappa shape index (κ2) is 15.7. The van der Waals surface area contributed by atoms with E-state index in [2.05, 4.69) is 114 Å². The van der Waals surface area contributed by atoms with E-state index < -0.39 is 0 Å². The van der Waals surface area contributed by atoms with Crippen LogP contribution in [-0.4, -0.2) is 20.4 Å². The van der Waals surface area contributed by atoms with Gasteiger partial charge in [0.15, 0.2) is 0 Å². The van der Waals surface area contributed by atoms with Gasteiger partial charge in [0.1, 0.15) is 23.0 Å². The van der Waals surface area contributed by atoms with Crippen molar-refractivity contribution >= 4 is 11.5 Å². The summed E-state index contributed by atoms with van der Waals surface area (Å²) in [6.07, 6.45) is 3.92. The summed E-state index contributed by atoms with van der Waals surface area (Å²) in [4.78, 5) is 0. The molecule has 53 heavy (non-hydrogen) atoms. The van der Waals surface area contributed by atoms with E-state index >= 15 is 0 Å². The minimum absolute atomic E-state index is 0.0265. The molecule has 268 valence electrons. The van der Waals surface area contributed by atoms with Crippen LogP contribution in [0.5, 0.6) is 11.5 Å². The Morgan fingerprint density at radius 3 is 0.887 bits per heavy atom. The summed E-state index contributed by atoms with van der Waals surface area (Å²) in [6.45, 7) is 16.0. The number of benzene rings is 6. The lowest BCUT2D eigenvalue weighted by molar-refractivity contribution is 0.459. The molecular formula is C49H48O4. The van der Waals surface area contributed by atoms with Gasteiger partial charge in [-0.25, -0.2) is 0 Å². The maximum Gasteiger partial charge on any atom is 0.126 e. The van der Waals surface area contributed by atoms with Crippen LogP contribution in [0.2, 0.25) is 0 Å². The Hall–Kier alpha value is -6.00. The van der Waals surface area contributed by atoms with Gasteiger partial charge < -0.3 is 20.4 Å². The molecule has 0 spiro atoms. The average molecular weight is 701 g/mol. The third kappa shape index (κ3) is 8.23. The number of aliphatic hydroxyl groups is 2. The van der Waals surface area contributed by atoms with E-state index in [-0.39, 0.29) is 23.0 Å². The molecule has 0 saturated carbocycles. The Morgan fingerprint density at radius 2 is 0.642 bits per heavy atom. The van der Waals surface area contributed by atoms with Crippen LogP contribution >= 0.6 is 0 Å². The summed E-state index contributed by atoms with van der Waals surface area (Å²) >= 11 is 0. The molecule has 0 fully saturated rings. The van der Waals surface area contributed by atoms with Crippen molar-refractivity contribution in [2.75, 3.05) is 0 Å². The quantitative estimate of drug-likeness (QED) is 0.0958. The zero-order valence-electron chi connectivity index (χ0n) is 31.1. The number of hydrogen-bond donors (Lipinski definition) is 4. The smallest absolute Gasteiger partial charge is 0.126 e. The Labute approximate surface area is 313 Å². The van der Waals surface area contributed by atoms with Gasteiger partial charge in [0.25, 0.3) is 0 Å². The van der Waals surface area contributed by atoms with Gasteiger partial charge in [-0.05, 0) is 162 Å². The van der Waals surface area contributed by atoms with Crippen molar-refractivity contribution in [3.05, 3.63) is 211 Å². The number of phenols is 2. The van der Waals surface area contributed by atoms with Gasteiger partial charge in [0.05, 0.1) is 11.1 Å². The van der Waals surface area contributed by atoms with Crippen LogP contribution in [0.25, 0.3) is 11.5 Å². The normalized spacial score (nSPS) is 11.1. The molecule has 0 amide bonds. The lowest BCUT2D eigenvalue weighted by Gasteiger charge is -2.17. The van der Waals surface area contributed by atoms with Crippen molar-refractivity contribution in [3.63, 3.8) is 0 Å². The summed E-state index contributed by atoms with van der Waals surface area (Å²) in [6, 6.07) is 36.9. The van der Waals surface area contributed by atoms with Gasteiger partial charge in [-0.2, -0.15) is 0 Å². The lowest BCUT2D eigenvalue weighted by Crippen LogP contribution is -2.04. The molecule has 0 aliphatic carbocycles. The minimum atomic E-state index is -0.137. The van der Waals surface area contributed by atoms with Crippen LogP contribution < -0.4 is 0 Å². The summed E-state index contributed by atoms with van der Waals surface area (Å²) < 4.78 is 0. The third-order valence-electron chi connectivity index (χ3n) is 10.9. The van der Waals surface area contributed by atoms with E-state index in [1.807, 2.05) is 12.1 Å². The first-order valence-electron chi connectivity index (χ1n) is 18.1. The zero-order chi connectivity index (χ0) is 37.8. The van der Waals surface area contributed by atoms with Gasteiger partial charge >= 0.3 is 0 Å². The highest BCUT2D eigenvalue weighted by Crippen LogP contribution is 2.30.